The van der Waals surface area contributed by atoms with Crippen molar-refractivity contribution in [1.29, 1.82) is 0 Å². The van der Waals surface area contributed by atoms with Crippen molar-refractivity contribution in [3.05, 3.63) is 60.0 Å². The number of carbonyl (C=O) groups excluding carboxylic acids is 2. The van der Waals surface area contributed by atoms with Crippen molar-refractivity contribution in [3.8, 4) is 0 Å². The molecule has 2 aliphatic rings. The number of aryl methyl sites for hydroxylation is 1. The number of ether oxygens (including phenoxy) is 1. The second-order valence-electron chi connectivity index (χ2n) is 7.69. The van der Waals surface area contributed by atoms with Gasteiger partial charge in [-0.05, 0) is 18.6 Å². The summed E-state index contributed by atoms with van der Waals surface area (Å²) < 4.78 is 7.62. The van der Waals surface area contributed by atoms with E-state index in [9.17, 15) is 9.59 Å². The standard InChI is InChI=1S/C23H24N4O3/c28-22-20(16-6-7-24-14-16)21(23(29)25-22)18-15-27(19-5-2-1-4-17(18)19)9-3-8-26-10-12-30-13-11-26/h1-2,4-7,14-15,24H,3,8-13H2,(H,25,28,29). The molecule has 0 spiro atoms. The number of aromatic amines is 1. The van der Waals surface area contributed by atoms with Crippen molar-refractivity contribution in [1.82, 2.24) is 19.8 Å². The van der Waals surface area contributed by atoms with Crippen LogP contribution in [0.4, 0.5) is 0 Å². The van der Waals surface area contributed by atoms with Crippen LogP contribution in [0.15, 0.2) is 48.9 Å². The number of carbonyl (C=O) groups is 2. The number of benzene rings is 1. The van der Waals surface area contributed by atoms with Crippen LogP contribution in [0.2, 0.25) is 0 Å². The number of amides is 2. The molecule has 2 N–H and O–H groups in total. The molecular weight excluding hydrogens is 380 g/mol. The van der Waals surface area contributed by atoms with Gasteiger partial charge in [0.1, 0.15) is 0 Å². The van der Waals surface area contributed by atoms with Gasteiger partial charge in [0.05, 0.1) is 24.4 Å². The van der Waals surface area contributed by atoms with E-state index in [1.54, 1.807) is 12.4 Å². The zero-order chi connectivity index (χ0) is 20.5. The highest BCUT2D eigenvalue weighted by atomic mass is 16.5. The smallest absolute Gasteiger partial charge is 0.259 e. The van der Waals surface area contributed by atoms with Crippen LogP contribution in [-0.2, 0) is 20.9 Å². The van der Waals surface area contributed by atoms with Gasteiger partial charge in [0.25, 0.3) is 11.8 Å². The minimum atomic E-state index is -0.348. The fraction of sp³-hybridized carbons (Fsp3) is 0.304. The second-order valence-corrected chi connectivity index (χ2v) is 7.69. The fourth-order valence-corrected chi connectivity index (χ4v) is 4.39. The molecule has 1 fully saturated rings. The maximum Gasteiger partial charge on any atom is 0.259 e. The highest BCUT2D eigenvalue weighted by Gasteiger charge is 2.34. The summed E-state index contributed by atoms with van der Waals surface area (Å²) in [6.07, 6.45) is 6.52. The molecule has 7 heteroatoms. The van der Waals surface area contributed by atoms with Gasteiger partial charge in [-0.2, -0.15) is 0 Å². The lowest BCUT2D eigenvalue weighted by Crippen LogP contribution is -2.37. The molecule has 0 radical (unpaired) electrons. The quantitative estimate of drug-likeness (QED) is 0.618. The Balaban J connectivity index is 1.50. The first-order chi connectivity index (χ1) is 14.7. The van der Waals surface area contributed by atoms with Crippen LogP contribution >= 0.6 is 0 Å². The van der Waals surface area contributed by atoms with E-state index in [4.69, 9.17) is 4.74 Å². The number of nitrogens with one attached hydrogen (secondary N) is 2. The van der Waals surface area contributed by atoms with Crippen molar-refractivity contribution in [2.75, 3.05) is 32.8 Å². The first kappa shape index (κ1) is 18.8. The molecule has 2 amide bonds. The molecule has 0 atom stereocenters. The Morgan fingerprint density at radius 1 is 0.967 bits per heavy atom. The predicted molar refractivity (Wildman–Crippen MR) is 115 cm³/mol. The molecule has 1 saturated heterocycles. The molecule has 2 aromatic heterocycles. The summed E-state index contributed by atoms with van der Waals surface area (Å²) in [5, 5.41) is 3.45. The van der Waals surface area contributed by atoms with Crippen LogP contribution in [-0.4, -0.2) is 59.1 Å². The van der Waals surface area contributed by atoms with Gasteiger partial charge >= 0.3 is 0 Å². The van der Waals surface area contributed by atoms with Crippen LogP contribution in [0, 0.1) is 0 Å². The topological polar surface area (TPSA) is 79.4 Å². The SMILES string of the molecule is O=C1NC(=O)C(c2cn(CCCN3CCOCC3)c3ccccc23)=C1c1cc[nH]c1. The molecule has 0 bridgehead atoms. The Morgan fingerprint density at radius 3 is 2.57 bits per heavy atom. The minimum Gasteiger partial charge on any atom is -0.379 e. The van der Waals surface area contributed by atoms with Gasteiger partial charge in [0, 0.05) is 66.8 Å². The summed E-state index contributed by atoms with van der Waals surface area (Å²) in [7, 11) is 0. The molecule has 154 valence electrons. The van der Waals surface area contributed by atoms with Crippen LogP contribution in [0.5, 0.6) is 0 Å². The van der Waals surface area contributed by atoms with E-state index in [0.717, 1.165) is 67.8 Å². The molecular formula is C23H24N4O3. The molecule has 4 heterocycles. The molecule has 1 aromatic carbocycles. The maximum absolute atomic E-state index is 12.7. The third kappa shape index (κ3) is 3.36. The van der Waals surface area contributed by atoms with E-state index in [1.165, 1.54) is 0 Å². The normalized spacial score (nSPS) is 17.9. The van der Waals surface area contributed by atoms with Gasteiger partial charge in [-0.25, -0.2) is 0 Å². The van der Waals surface area contributed by atoms with E-state index in [-0.39, 0.29) is 11.8 Å². The first-order valence-electron chi connectivity index (χ1n) is 10.3. The Labute approximate surface area is 174 Å². The lowest BCUT2D eigenvalue weighted by molar-refractivity contribution is -0.122. The van der Waals surface area contributed by atoms with Crippen molar-refractivity contribution in [2.45, 2.75) is 13.0 Å². The number of imide groups is 1. The highest BCUT2D eigenvalue weighted by Crippen LogP contribution is 2.35. The fourth-order valence-electron chi connectivity index (χ4n) is 4.39. The molecule has 7 nitrogen and oxygen atoms in total. The monoisotopic (exact) mass is 404 g/mol. The molecule has 30 heavy (non-hydrogen) atoms. The lowest BCUT2D eigenvalue weighted by atomic mass is 9.97. The number of aromatic nitrogens is 2. The summed E-state index contributed by atoms with van der Waals surface area (Å²) in [5.41, 5.74) is 3.47. The van der Waals surface area contributed by atoms with Crippen LogP contribution < -0.4 is 5.32 Å². The predicted octanol–water partition coefficient (Wildman–Crippen LogP) is 2.26. The number of morpholine rings is 1. The van der Waals surface area contributed by atoms with Gasteiger partial charge in [-0.1, -0.05) is 18.2 Å². The van der Waals surface area contributed by atoms with Crippen molar-refractivity contribution >= 4 is 33.9 Å². The van der Waals surface area contributed by atoms with Crippen molar-refractivity contribution < 1.29 is 14.3 Å². The molecule has 5 rings (SSSR count). The summed E-state index contributed by atoms with van der Waals surface area (Å²) in [4.78, 5) is 30.7. The summed E-state index contributed by atoms with van der Waals surface area (Å²) in [6, 6.07) is 9.87. The average Bonchev–Trinajstić information content (AvgIpc) is 3.47. The van der Waals surface area contributed by atoms with Gasteiger partial charge < -0.3 is 14.3 Å². The maximum atomic E-state index is 12.7. The van der Waals surface area contributed by atoms with Crippen LogP contribution in [0.25, 0.3) is 22.0 Å². The van der Waals surface area contributed by atoms with E-state index < -0.39 is 0 Å². The summed E-state index contributed by atoms with van der Waals surface area (Å²) >= 11 is 0. The van der Waals surface area contributed by atoms with E-state index in [1.807, 2.05) is 30.5 Å². The number of hydrogen-bond donors (Lipinski definition) is 2. The lowest BCUT2D eigenvalue weighted by Gasteiger charge is -2.26. The first-order valence-corrected chi connectivity index (χ1v) is 10.3. The summed E-state index contributed by atoms with van der Waals surface area (Å²) in [6.45, 7) is 5.42. The van der Waals surface area contributed by atoms with Gasteiger partial charge in [-0.15, -0.1) is 0 Å². The number of hydrogen-bond acceptors (Lipinski definition) is 4. The van der Waals surface area contributed by atoms with Crippen molar-refractivity contribution in [2.24, 2.45) is 0 Å². The molecule has 0 saturated carbocycles. The zero-order valence-electron chi connectivity index (χ0n) is 16.7. The Morgan fingerprint density at radius 2 is 1.77 bits per heavy atom. The average molecular weight is 404 g/mol. The van der Waals surface area contributed by atoms with Gasteiger partial charge in [0.15, 0.2) is 0 Å². The number of rotatable bonds is 6. The van der Waals surface area contributed by atoms with Gasteiger partial charge in [0.2, 0.25) is 0 Å². The van der Waals surface area contributed by atoms with E-state index in [0.29, 0.717) is 11.1 Å². The largest absolute Gasteiger partial charge is 0.379 e. The van der Waals surface area contributed by atoms with Crippen molar-refractivity contribution in [3.63, 3.8) is 0 Å². The Hall–Kier alpha value is -3.16. The number of fused-ring (bicyclic) bond motifs is 1. The number of para-hydroxylation sites is 1. The van der Waals surface area contributed by atoms with Gasteiger partial charge in [-0.3, -0.25) is 19.8 Å². The third-order valence-electron chi connectivity index (χ3n) is 5.85. The van der Waals surface area contributed by atoms with Crippen LogP contribution in [0.1, 0.15) is 17.5 Å². The molecule has 0 aliphatic carbocycles. The minimum absolute atomic E-state index is 0.340. The second kappa shape index (κ2) is 7.93. The molecule has 0 unspecified atom stereocenters. The molecule has 2 aliphatic heterocycles. The number of nitrogens with zero attached hydrogens (tertiary/aromatic N) is 2. The third-order valence-corrected chi connectivity index (χ3v) is 5.85. The van der Waals surface area contributed by atoms with E-state index >= 15 is 0 Å². The van der Waals surface area contributed by atoms with Crippen LogP contribution in [0.3, 0.4) is 0 Å². The summed E-state index contributed by atoms with van der Waals surface area (Å²) in [5.74, 6) is -0.689. The Bertz CT molecular complexity index is 1120. The molecule has 3 aromatic rings. The highest BCUT2D eigenvalue weighted by molar-refractivity contribution is 6.50. The van der Waals surface area contributed by atoms with E-state index in [2.05, 4.69) is 25.8 Å². The number of H-pyrrole nitrogens is 1. The zero-order valence-corrected chi connectivity index (χ0v) is 16.7. The Kier molecular flexibility index (Phi) is 4.98.